The minimum atomic E-state index is -3.41. The fourth-order valence-electron chi connectivity index (χ4n) is 1.57. The number of carbonyl (C=O) groups is 2. The van der Waals surface area contributed by atoms with E-state index in [4.69, 9.17) is 5.11 Å². The minimum Gasteiger partial charge on any atom is -0.481 e. The van der Waals surface area contributed by atoms with Gasteiger partial charge in [-0.05, 0) is 6.92 Å². The van der Waals surface area contributed by atoms with E-state index in [0.29, 0.717) is 0 Å². The molecule has 0 aliphatic heterocycles. The van der Waals surface area contributed by atoms with Crippen molar-refractivity contribution in [3.8, 4) is 0 Å². The Morgan fingerprint density at radius 2 is 1.89 bits per heavy atom. The van der Waals surface area contributed by atoms with Crippen LogP contribution in [0.3, 0.4) is 0 Å². The molecule has 1 rings (SSSR count). The highest BCUT2D eigenvalue weighted by atomic mass is 19.3. The fourth-order valence-corrected chi connectivity index (χ4v) is 1.57. The van der Waals surface area contributed by atoms with Gasteiger partial charge in [0.2, 0.25) is 0 Å². The van der Waals surface area contributed by atoms with E-state index in [1.807, 2.05) is 0 Å². The van der Waals surface area contributed by atoms with E-state index in [0.717, 1.165) is 0 Å². The smallest absolute Gasteiger partial charge is 0.320 e. The Morgan fingerprint density at radius 3 is 2.37 bits per heavy atom. The van der Waals surface area contributed by atoms with Gasteiger partial charge in [-0.15, -0.1) is 0 Å². The molecule has 19 heavy (non-hydrogen) atoms. The van der Waals surface area contributed by atoms with Crippen molar-refractivity contribution in [3.63, 3.8) is 0 Å². The number of carboxylic acid groups (broad SMARTS) is 1. The molecule has 0 aromatic heterocycles. The van der Waals surface area contributed by atoms with Gasteiger partial charge in [-0.25, -0.2) is 8.78 Å². The van der Waals surface area contributed by atoms with Gasteiger partial charge in [-0.1, -0.05) is 30.3 Å². The first-order chi connectivity index (χ1) is 8.88. The lowest BCUT2D eigenvalue weighted by molar-refractivity contribution is -0.163. The maximum Gasteiger partial charge on any atom is 0.320 e. The molecule has 1 unspecified atom stereocenters. The van der Waals surface area contributed by atoms with Crippen LogP contribution in [0.25, 0.3) is 0 Å². The summed E-state index contributed by atoms with van der Waals surface area (Å²) in [5.41, 5.74) is -0.328. The third-order valence-electron chi connectivity index (χ3n) is 2.53. The van der Waals surface area contributed by atoms with Gasteiger partial charge in [0.05, 0.1) is 6.61 Å². The summed E-state index contributed by atoms with van der Waals surface area (Å²) in [6, 6.07) is 6.78. The number of rotatable bonds is 6. The number of carbonyl (C=O) groups excluding carboxylic acids is 1. The molecule has 4 nitrogen and oxygen atoms in total. The van der Waals surface area contributed by atoms with Crippen molar-refractivity contribution in [2.45, 2.75) is 19.3 Å². The van der Waals surface area contributed by atoms with Crippen molar-refractivity contribution >= 4 is 11.9 Å². The third kappa shape index (κ3) is 4.01. The standard InChI is InChI=1S/C13H14F2O4/c1-2-19-12(18)10(11(16)17)8-13(14,15)9-6-4-3-5-7-9/h3-7,10H,2,8H2,1H3,(H,16,17). The van der Waals surface area contributed by atoms with Crippen LogP contribution in [0.1, 0.15) is 18.9 Å². The van der Waals surface area contributed by atoms with Crippen LogP contribution in [0.4, 0.5) is 8.78 Å². The zero-order valence-corrected chi connectivity index (χ0v) is 10.3. The predicted octanol–water partition coefficient (Wildman–Crippen LogP) is 2.43. The van der Waals surface area contributed by atoms with Crippen molar-refractivity contribution in [2.75, 3.05) is 6.61 Å². The molecule has 0 fully saturated rings. The number of carboxylic acids is 1. The number of aliphatic carboxylic acids is 1. The number of alkyl halides is 2. The fraction of sp³-hybridized carbons (Fsp3) is 0.385. The molecule has 6 heteroatoms. The van der Waals surface area contributed by atoms with Crippen LogP contribution in [-0.4, -0.2) is 23.7 Å². The summed E-state index contributed by atoms with van der Waals surface area (Å²) in [5.74, 6) is -8.05. The molecular weight excluding hydrogens is 258 g/mol. The van der Waals surface area contributed by atoms with Crippen molar-refractivity contribution in [3.05, 3.63) is 35.9 Å². The summed E-state index contributed by atoms with van der Waals surface area (Å²) in [6.45, 7) is 1.42. The van der Waals surface area contributed by atoms with Gasteiger partial charge in [0.25, 0.3) is 5.92 Å². The summed E-state index contributed by atoms with van der Waals surface area (Å²) in [6.07, 6.45) is -1.12. The molecule has 1 aromatic rings. The molecule has 0 amide bonds. The Hall–Kier alpha value is -1.98. The van der Waals surface area contributed by atoms with E-state index in [-0.39, 0.29) is 12.2 Å². The number of benzene rings is 1. The summed E-state index contributed by atoms with van der Waals surface area (Å²) in [4.78, 5) is 22.2. The van der Waals surface area contributed by atoms with Crippen LogP contribution in [0.2, 0.25) is 0 Å². The molecule has 0 heterocycles. The number of hydrogen-bond donors (Lipinski definition) is 1. The lowest BCUT2D eigenvalue weighted by Gasteiger charge is -2.20. The normalized spacial score (nSPS) is 12.8. The Bertz CT molecular complexity index is 445. The number of ether oxygens (including phenoxy) is 1. The van der Waals surface area contributed by atoms with Crippen LogP contribution in [-0.2, 0) is 20.2 Å². The van der Waals surface area contributed by atoms with Gasteiger partial charge in [-0.3, -0.25) is 9.59 Å². The van der Waals surface area contributed by atoms with E-state index >= 15 is 0 Å². The molecule has 0 bridgehead atoms. The maximum absolute atomic E-state index is 13.9. The van der Waals surface area contributed by atoms with E-state index < -0.39 is 30.2 Å². The molecule has 0 spiro atoms. The topological polar surface area (TPSA) is 63.6 Å². The molecule has 0 saturated heterocycles. The van der Waals surface area contributed by atoms with E-state index in [1.54, 1.807) is 6.07 Å². The number of halogens is 2. The van der Waals surface area contributed by atoms with Crippen LogP contribution in [0, 0.1) is 5.92 Å². The summed E-state index contributed by atoms with van der Waals surface area (Å²) in [5, 5.41) is 8.85. The second-order valence-electron chi connectivity index (χ2n) is 3.92. The molecule has 1 atom stereocenters. The van der Waals surface area contributed by atoms with Crippen molar-refractivity contribution < 1.29 is 28.2 Å². The van der Waals surface area contributed by atoms with Gasteiger partial charge < -0.3 is 9.84 Å². The molecule has 1 aromatic carbocycles. The van der Waals surface area contributed by atoms with Gasteiger partial charge >= 0.3 is 11.9 Å². The minimum absolute atomic E-state index is 0.0560. The van der Waals surface area contributed by atoms with E-state index in [9.17, 15) is 18.4 Å². The van der Waals surface area contributed by atoms with E-state index in [1.165, 1.54) is 31.2 Å². The Kier molecular flexibility index (Phi) is 4.97. The highest BCUT2D eigenvalue weighted by Crippen LogP contribution is 2.35. The Morgan fingerprint density at radius 1 is 1.32 bits per heavy atom. The average molecular weight is 272 g/mol. The summed E-state index contributed by atoms with van der Waals surface area (Å²) >= 11 is 0. The second kappa shape index (κ2) is 6.26. The first-order valence-electron chi connectivity index (χ1n) is 5.71. The predicted molar refractivity (Wildman–Crippen MR) is 62.7 cm³/mol. The highest BCUT2D eigenvalue weighted by Gasteiger charge is 2.41. The van der Waals surface area contributed by atoms with Crippen LogP contribution in [0.5, 0.6) is 0 Å². The SMILES string of the molecule is CCOC(=O)C(CC(F)(F)c1ccccc1)C(=O)O. The zero-order chi connectivity index (χ0) is 14.5. The van der Waals surface area contributed by atoms with Gasteiger partial charge in [0.15, 0.2) is 5.92 Å². The van der Waals surface area contributed by atoms with E-state index in [2.05, 4.69) is 4.74 Å². The third-order valence-corrected chi connectivity index (χ3v) is 2.53. The highest BCUT2D eigenvalue weighted by molar-refractivity contribution is 5.94. The van der Waals surface area contributed by atoms with Gasteiger partial charge in [0.1, 0.15) is 0 Å². The Balaban J connectivity index is 2.90. The molecule has 1 N–H and O–H groups in total. The zero-order valence-electron chi connectivity index (χ0n) is 10.3. The van der Waals surface area contributed by atoms with Crippen LogP contribution in [0.15, 0.2) is 30.3 Å². The quantitative estimate of drug-likeness (QED) is 0.638. The molecule has 0 radical (unpaired) electrons. The van der Waals surface area contributed by atoms with Crippen molar-refractivity contribution in [1.29, 1.82) is 0 Å². The lowest BCUT2D eigenvalue weighted by Crippen LogP contribution is -2.31. The largest absolute Gasteiger partial charge is 0.481 e. The van der Waals surface area contributed by atoms with Gasteiger partial charge in [-0.2, -0.15) is 0 Å². The molecule has 104 valence electrons. The first-order valence-corrected chi connectivity index (χ1v) is 5.71. The monoisotopic (exact) mass is 272 g/mol. The van der Waals surface area contributed by atoms with Crippen molar-refractivity contribution in [2.24, 2.45) is 5.92 Å². The Labute approximate surface area is 109 Å². The first kappa shape index (κ1) is 15.1. The van der Waals surface area contributed by atoms with Crippen LogP contribution < -0.4 is 0 Å². The average Bonchev–Trinajstić information content (AvgIpc) is 2.37. The number of esters is 1. The van der Waals surface area contributed by atoms with Crippen molar-refractivity contribution in [1.82, 2.24) is 0 Å². The summed E-state index contributed by atoms with van der Waals surface area (Å²) < 4.78 is 32.3. The van der Waals surface area contributed by atoms with Crippen LogP contribution >= 0.6 is 0 Å². The molecule has 0 aliphatic carbocycles. The number of hydrogen-bond acceptors (Lipinski definition) is 3. The summed E-state index contributed by atoms with van der Waals surface area (Å²) in [7, 11) is 0. The lowest BCUT2D eigenvalue weighted by atomic mass is 9.96. The molecule has 0 saturated carbocycles. The second-order valence-corrected chi connectivity index (χ2v) is 3.92. The maximum atomic E-state index is 13.9. The molecule has 0 aliphatic rings. The molecular formula is C13H14F2O4. The van der Waals surface area contributed by atoms with Gasteiger partial charge in [0, 0.05) is 12.0 Å².